The first-order valence-corrected chi connectivity index (χ1v) is 5.75. The Hall–Kier alpha value is -2.77. The molecule has 0 aliphatic carbocycles. The third kappa shape index (κ3) is 3.16. The fourth-order valence-corrected chi connectivity index (χ4v) is 1.49. The van der Waals surface area contributed by atoms with E-state index in [9.17, 15) is 14.0 Å². The molecule has 20 heavy (non-hydrogen) atoms. The van der Waals surface area contributed by atoms with Crippen LogP contribution in [0.1, 0.15) is 10.4 Å². The van der Waals surface area contributed by atoms with Crippen molar-refractivity contribution in [3.8, 4) is 0 Å². The summed E-state index contributed by atoms with van der Waals surface area (Å²) in [5.41, 5.74) is 0.203. The van der Waals surface area contributed by atoms with Crippen LogP contribution in [0.25, 0.3) is 0 Å². The Morgan fingerprint density at radius 3 is 2.95 bits per heavy atom. The van der Waals surface area contributed by atoms with E-state index >= 15 is 0 Å². The first kappa shape index (κ1) is 13.7. The van der Waals surface area contributed by atoms with Gasteiger partial charge in [-0.15, -0.1) is 0 Å². The number of halogens is 1. The second-order valence-electron chi connectivity index (χ2n) is 3.90. The van der Waals surface area contributed by atoms with E-state index in [0.29, 0.717) is 5.69 Å². The maximum atomic E-state index is 13.3. The number of hydrogen-bond acceptors (Lipinski definition) is 4. The zero-order valence-corrected chi connectivity index (χ0v) is 10.6. The summed E-state index contributed by atoms with van der Waals surface area (Å²) in [7, 11) is 1.51. The molecule has 2 rings (SSSR count). The maximum Gasteiger partial charge on any atom is 0.260 e. The van der Waals surface area contributed by atoms with E-state index in [4.69, 9.17) is 0 Å². The van der Waals surface area contributed by atoms with Gasteiger partial charge in [0, 0.05) is 19.4 Å². The smallest absolute Gasteiger partial charge is 0.260 e. The van der Waals surface area contributed by atoms with Crippen molar-refractivity contribution in [1.29, 1.82) is 0 Å². The Kier molecular flexibility index (Phi) is 4.04. The van der Waals surface area contributed by atoms with E-state index in [2.05, 4.69) is 20.7 Å². The fourth-order valence-electron chi connectivity index (χ4n) is 1.49. The molecule has 2 N–H and O–H groups in total. The molecule has 104 valence electrons. The van der Waals surface area contributed by atoms with Crippen molar-refractivity contribution in [2.45, 2.75) is 6.54 Å². The fraction of sp³-hybridized carbons (Fsp3) is 0.167. The molecule has 2 amide bonds. The molecule has 0 spiro atoms. The van der Waals surface area contributed by atoms with Gasteiger partial charge >= 0.3 is 0 Å². The molecule has 8 heteroatoms. The molecule has 0 unspecified atom stereocenters. The number of likely N-dealkylation sites (N-methyl/N-ethyl adjacent to an activating group) is 1. The van der Waals surface area contributed by atoms with Crippen LogP contribution in [0.15, 0.2) is 30.7 Å². The molecule has 2 aromatic rings. The van der Waals surface area contributed by atoms with Gasteiger partial charge in [0.15, 0.2) is 0 Å². The van der Waals surface area contributed by atoms with Crippen LogP contribution >= 0.6 is 0 Å². The molecular formula is C12H12FN5O2. The van der Waals surface area contributed by atoms with Crippen LogP contribution < -0.4 is 10.6 Å². The number of carbonyl (C=O) groups is 2. The van der Waals surface area contributed by atoms with Gasteiger partial charge in [-0.1, -0.05) is 0 Å². The molecule has 2 heterocycles. The van der Waals surface area contributed by atoms with E-state index in [1.807, 2.05) is 0 Å². The number of pyridine rings is 1. The average molecular weight is 277 g/mol. The van der Waals surface area contributed by atoms with Gasteiger partial charge in [-0.2, -0.15) is 9.49 Å². The van der Waals surface area contributed by atoms with Crippen LogP contribution in [0.3, 0.4) is 0 Å². The van der Waals surface area contributed by atoms with Gasteiger partial charge in [-0.3, -0.25) is 14.3 Å². The van der Waals surface area contributed by atoms with Crippen molar-refractivity contribution >= 4 is 17.5 Å². The van der Waals surface area contributed by atoms with Crippen LogP contribution in [0.4, 0.5) is 10.1 Å². The standard InChI is InChI=1S/C12H12FN5O2/c1-14-10(19)7-18-6-8(5-16-18)17-12(20)9-3-2-4-15-11(9)13/h2-6H,7H2,1H3,(H,14,19)(H,17,20). The van der Waals surface area contributed by atoms with Crippen LogP contribution in [-0.2, 0) is 11.3 Å². The second kappa shape index (κ2) is 5.91. The average Bonchev–Trinajstić information content (AvgIpc) is 2.86. The minimum absolute atomic E-state index is 0.0353. The lowest BCUT2D eigenvalue weighted by molar-refractivity contribution is -0.121. The second-order valence-corrected chi connectivity index (χ2v) is 3.90. The normalized spacial score (nSPS) is 10.1. The van der Waals surface area contributed by atoms with Crippen LogP contribution in [0.2, 0.25) is 0 Å². The largest absolute Gasteiger partial charge is 0.358 e. The Labute approximate surface area is 113 Å². The molecule has 0 saturated carbocycles. The predicted octanol–water partition coefficient (Wildman–Crippen LogP) is 0.415. The first-order chi connectivity index (χ1) is 9.60. The minimum atomic E-state index is -0.845. The molecule has 0 atom stereocenters. The Morgan fingerprint density at radius 2 is 2.25 bits per heavy atom. The number of anilines is 1. The summed E-state index contributed by atoms with van der Waals surface area (Å²) in [4.78, 5) is 26.4. The Bertz CT molecular complexity index is 640. The van der Waals surface area contributed by atoms with E-state index in [0.717, 1.165) is 0 Å². The summed E-state index contributed by atoms with van der Waals surface area (Å²) < 4.78 is 14.7. The van der Waals surface area contributed by atoms with E-state index in [-0.39, 0.29) is 18.0 Å². The van der Waals surface area contributed by atoms with Crippen molar-refractivity contribution in [2.24, 2.45) is 0 Å². The molecule has 2 aromatic heterocycles. The predicted molar refractivity (Wildman–Crippen MR) is 68.4 cm³/mol. The van der Waals surface area contributed by atoms with Crippen molar-refractivity contribution < 1.29 is 14.0 Å². The molecule has 0 radical (unpaired) electrons. The molecule has 0 fully saturated rings. The number of aromatic nitrogens is 3. The monoisotopic (exact) mass is 277 g/mol. The zero-order chi connectivity index (χ0) is 14.5. The summed E-state index contributed by atoms with van der Waals surface area (Å²) in [6, 6.07) is 2.79. The van der Waals surface area contributed by atoms with Gasteiger partial charge < -0.3 is 10.6 Å². The van der Waals surface area contributed by atoms with E-state index < -0.39 is 11.9 Å². The molecule has 7 nitrogen and oxygen atoms in total. The number of nitrogens with one attached hydrogen (secondary N) is 2. The molecule has 0 aromatic carbocycles. The molecule has 0 aliphatic heterocycles. The van der Waals surface area contributed by atoms with Crippen molar-refractivity contribution in [3.05, 3.63) is 42.2 Å². The minimum Gasteiger partial charge on any atom is -0.358 e. The van der Waals surface area contributed by atoms with Crippen molar-refractivity contribution in [2.75, 3.05) is 12.4 Å². The van der Waals surface area contributed by atoms with Crippen LogP contribution in [-0.4, -0.2) is 33.6 Å². The van der Waals surface area contributed by atoms with Gasteiger partial charge in [-0.05, 0) is 12.1 Å². The Morgan fingerprint density at radius 1 is 1.45 bits per heavy atom. The van der Waals surface area contributed by atoms with Gasteiger partial charge in [0.05, 0.1) is 17.4 Å². The molecule has 0 bridgehead atoms. The van der Waals surface area contributed by atoms with Gasteiger partial charge in [0.25, 0.3) is 5.91 Å². The Balaban J connectivity index is 2.05. The highest BCUT2D eigenvalue weighted by molar-refractivity contribution is 6.04. The number of hydrogen-bond donors (Lipinski definition) is 2. The summed E-state index contributed by atoms with van der Waals surface area (Å²) in [5, 5.41) is 8.83. The van der Waals surface area contributed by atoms with E-state index in [1.165, 1.54) is 42.5 Å². The number of carbonyl (C=O) groups excluding carboxylic acids is 2. The summed E-state index contributed by atoms with van der Waals surface area (Å²) in [6.45, 7) is 0.0353. The maximum absolute atomic E-state index is 13.3. The molecule has 0 aliphatic rings. The number of nitrogens with zero attached hydrogens (tertiary/aromatic N) is 3. The third-order valence-corrected chi connectivity index (χ3v) is 2.48. The molecular weight excluding hydrogens is 265 g/mol. The van der Waals surface area contributed by atoms with Crippen molar-refractivity contribution in [1.82, 2.24) is 20.1 Å². The highest BCUT2D eigenvalue weighted by Crippen LogP contribution is 2.09. The zero-order valence-electron chi connectivity index (χ0n) is 10.6. The van der Waals surface area contributed by atoms with Crippen molar-refractivity contribution in [3.63, 3.8) is 0 Å². The van der Waals surface area contributed by atoms with Crippen LogP contribution in [0.5, 0.6) is 0 Å². The lowest BCUT2D eigenvalue weighted by Gasteiger charge is -2.02. The SMILES string of the molecule is CNC(=O)Cn1cc(NC(=O)c2cccnc2F)cn1. The number of rotatable bonds is 4. The van der Waals surface area contributed by atoms with Crippen LogP contribution in [0, 0.1) is 5.95 Å². The van der Waals surface area contributed by atoms with E-state index in [1.54, 1.807) is 0 Å². The summed E-state index contributed by atoms with van der Waals surface area (Å²) >= 11 is 0. The van der Waals surface area contributed by atoms with Gasteiger partial charge in [0.2, 0.25) is 11.9 Å². The third-order valence-electron chi connectivity index (χ3n) is 2.48. The first-order valence-electron chi connectivity index (χ1n) is 5.75. The number of amides is 2. The highest BCUT2D eigenvalue weighted by atomic mass is 19.1. The highest BCUT2D eigenvalue weighted by Gasteiger charge is 2.13. The summed E-state index contributed by atoms with van der Waals surface area (Å²) in [5.74, 6) is -1.69. The topological polar surface area (TPSA) is 88.9 Å². The molecule has 0 saturated heterocycles. The lowest BCUT2D eigenvalue weighted by Crippen LogP contribution is -2.23. The quantitative estimate of drug-likeness (QED) is 0.792. The summed E-state index contributed by atoms with van der Waals surface area (Å²) in [6.07, 6.45) is 4.10. The van der Waals surface area contributed by atoms with Gasteiger partial charge in [-0.25, -0.2) is 4.98 Å². The lowest BCUT2D eigenvalue weighted by atomic mass is 10.2. The van der Waals surface area contributed by atoms with Gasteiger partial charge in [0.1, 0.15) is 6.54 Å².